The summed E-state index contributed by atoms with van der Waals surface area (Å²) in [5, 5.41) is 14.4. The molecular formula is C48H37NS. The Balaban J connectivity index is 0.959. The van der Waals surface area contributed by atoms with Crippen LogP contribution in [-0.4, -0.2) is 0 Å². The van der Waals surface area contributed by atoms with E-state index in [0.29, 0.717) is 5.92 Å². The number of hydrogen-bond donors (Lipinski definition) is 1. The molecule has 1 aliphatic rings. The Bertz CT molecular complexity index is 2710. The van der Waals surface area contributed by atoms with Gasteiger partial charge in [-0.25, -0.2) is 0 Å². The van der Waals surface area contributed by atoms with E-state index in [2.05, 4.69) is 157 Å². The van der Waals surface area contributed by atoms with E-state index in [1.807, 2.05) is 11.3 Å². The van der Waals surface area contributed by atoms with E-state index in [0.717, 1.165) is 5.69 Å². The summed E-state index contributed by atoms with van der Waals surface area (Å²) in [6, 6.07) is 56.1. The van der Waals surface area contributed by atoms with Gasteiger partial charge in [0.1, 0.15) is 0 Å². The van der Waals surface area contributed by atoms with Crippen molar-refractivity contribution in [3.63, 3.8) is 0 Å². The highest BCUT2D eigenvalue weighted by Crippen LogP contribution is 2.47. The molecular weight excluding hydrogens is 623 g/mol. The zero-order valence-electron chi connectivity index (χ0n) is 28.0. The zero-order chi connectivity index (χ0) is 33.0. The first-order valence-electron chi connectivity index (χ1n) is 18.0. The third-order valence-electron chi connectivity index (χ3n) is 11.0. The fourth-order valence-electron chi connectivity index (χ4n) is 8.36. The molecule has 0 bridgehead atoms. The van der Waals surface area contributed by atoms with Crippen LogP contribution in [0.2, 0.25) is 0 Å². The van der Waals surface area contributed by atoms with Crippen LogP contribution in [0.25, 0.3) is 74.7 Å². The Morgan fingerprint density at radius 3 is 1.76 bits per heavy atom. The highest BCUT2D eigenvalue weighted by molar-refractivity contribution is 7.26. The van der Waals surface area contributed by atoms with Crippen molar-refractivity contribution in [1.82, 2.24) is 0 Å². The SMILES string of the molecule is c1ccc2cc(-c3ccc4cc(-c5ccc(Nc6cccc7c6sc6c(C8CCCCC8)cc8ccccc8c67)cc5)ccc4c3)ccc2c1. The van der Waals surface area contributed by atoms with Crippen LogP contribution < -0.4 is 5.32 Å². The molecule has 240 valence electrons. The molecule has 0 radical (unpaired) electrons. The van der Waals surface area contributed by atoms with Crippen molar-refractivity contribution in [3.8, 4) is 22.3 Å². The first kappa shape index (κ1) is 29.5. The summed E-state index contributed by atoms with van der Waals surface area (Å²) in [5.74, 6) is 0.662. The van der Waals surface area contributed by atoms with E-state index in [1.165, 1.54) is 113 Å². The summed E-state index contributed by atoms with van der Waals surface area (Å²) >= 11 is 1.98. The van der Waals surface area contributed by atoms with Crippen molar-refractivity contribution in [1.29, 1.82) is 0 Å². The van der Waals surface area contributed by atoms with Crippen molar-refractivity contribution in [2.45, 2.75) is 38.0 Å². The Labute approximate surface area is 296 Å². The van der Waals surface area contributed by atoms with Gasteiger partial charge in [-0.3, -0.25) is 0 Å². The first-order chi connectivity index (χ1) is 24.7. The van der Waals surface area contributed by atoms with Crippen LogP contribution in [0.3, 0.4) is 0 Å². The molecule has 0 saturated heterocycles. The maximum absolute atomic E-state index is 3.81. The smallest absolute Gasteiger partial charge is 0.0590 e. The van der Waals surface area contributed by atoms with Crippen molar-refractivity contribution in [3.05, 3.63) is 157 Å². The van der Waals surface area contributed by atoms with Gasteiger partial charge in [-0.05, 0) is 121 Å². The minimum Gasteiger partial charge on any atom is -0.354 e. The molecule has 1 nitrogen and oxygen atoms in total. The predicted octanol–water partition coefficient (Wildman–Crippen LogP) is 14.6. The van der Waals surface area contributed by atoms with Gasteiger partial charge in [-0.1, -0.05) is 128 Å². The van der Waals surface area contributed by atoms with Crippen molar-refractivity contribution < 1.29 is 0 Å². The van der Waals surface area contributed by atoms with Crippen molar-refractivity contribution in [2.24, 2.45) is 0 Å². The molecule has 8 aromatic carbocycles. The van der Waals surface area contributed by atoms with Gasteiger partial charge in [0, 0.05) is 21.2 Å². The van der Waals surface area contributed by atoms with Gasteiger partial charge in [0.25, 0.3) is 0 Å². The Morgan fingerprint density at radius 1 is 0.440 bits per heavy atom. The molecule has 9 aromatic rings. The quantitative estimate of drug-likeness (QED) is 0.194. The second kappa shape index (κ2) is 12.2. The lowest BCUT2D eigenvalue weighted by Crippen LogP contribution is -2.04. The van der Waals surface area contributed by atoms with E-state index in [1.54, 1.807) is 5.56 Å². The molecule has 2 heteroatoms. The number of rotatable bonds is 5. The molecule has 0 atom stereocenters. The Kier molecular flexibility index (Phi) is 7.17. The maximum Gasteiger partial charge on any atom is 0.0590 e. The fraction of sp³-hybridized carbons (Fsp3) is 0.125. The van der Waals surface area contributed by atoms with Crippen LogP contribution >= 0.6 is 11.3 Å². The van der Waals surface area contributed by atoms with Crippen molar-refractivity contribution in [2.75, 3.05) is 5.32 Å². The second-order valence-corrected chi connectivity index (χ2v) is 15.1. The van der Waals surface area contributed by atoms with Crippen molar-refractivity contribution >= 4 is 75.2 Å². The summed E-state index contributed by atoms with van der Waals surface area (Å²) in [6.07, 6.45) is 6.68. The van der Waals surface area contributed by atoms with Crippen LogP contribution in [0.15, 0.2) is 152 Å². The fourth-order valence-corrected chi connectivity index (χ4v) is 9.74. The molecule has 0 spiro atoms. The highest BCUT2D eigenvalue weighted by Gasteiger charge is 2.22. The average Bonchev–Trinajstić information content (AvgIpc) is 3.59. The maximum atomic E-state index is 3.81. The number of nitrogens with one attached hydrogen (secondary N) is 1. The summed E-state index contributed by atoms with van der Waals surface area (Å²) in [4.78, 5) is 0. The van der Waals surface area contributed by atoms with E-state index in [9.17, 15) is 0 Å². The van der Waals surface area contributed by atoms with Gasteiger partial charge in [0.15, 0.2) is 0 Å². The lowest BCUT2D eigenvalue weighted by Gasteiger charge is -2.23. The molecule has 10 rings (SSSR count). The van der Waals surface area contributed by atoms with E-state index >= 15 is 0 Å². The van der Waals surface area contributed by atoms with Crippen LogP contribution in [0.1, 0.15) is 43.6 Å². The summed E-state index contributed by atoms with van der Waals surface area (Å²) in [6.45, 7) is 0. The number of fused-ring (bicyclic) bond motifs is 7. The lowest BCUT2D eigenvalue weighted by atomic mass is 9.82. The molecule has 0 amide bonds. The summed E-state index contributed by atoms with van der Waals surface area (Å²) in [5.41, 5.74) is 8.81. The third-order valence-corrected chi connectivity index (χ3v) is 12.3. The van der Waals surface area contributed by atoms with Gasteiger partial charge >= 0.3 is 0 Å². The van der Waals surface area contributed by atoms with Gasteiger partial charge < -0.3 is 5.32 Å². The van der Waals surface area contributed by atoms with Gasteiger partial charge in [-0.15, -0.1) is 11.3 Å². The Morgan fingerprint density at radius 2 is 1.02 bits per heavy atom. The number of hydrogen-bond acceptors (Lipinski definition) is 2. The second-order valence-electron chi connectivity index (χ2n) is 14.1. The lowest BCUT2D eigenvalue weighted by molar-refractivity contribution is 0.446. The topological polar surface area (TPSA) is 12.0 Å². The largest absolute Gasteiger partial charge is 0.354 e. The standard InChI is InChI=1S/C48H37NS/c1-2-10-33(11-3-1)44-30-40-13-6-7-14-42(40)46-43-15-8-16-45(47(43)50-48(44)46)49-41-25-23-32(24-26-41)35-19-20-38-29-39(22-21-37(38)28-35)36-18-17-31-9-4-5-12-34(31)27-36/h4-9,12-30,33,49H,1-3,10-11H2. The van der Waals surface area contributed by atoms with Gasteiger partial charge in [0.2, 0.25) is 0 Å². The third kappa shape index (κ3) is 5.14. The predicted molar refractivity (Wildman–Crippen MR) is 218 cm³/mol. The normalized spacial score (nSPS) is 13.9. The highest BCUT2D eigenvalue weighted by atomic mass is 32.1. The summed E-state index contributed by atoms with van der Waals surface area (Å²) < 4.78 is 2.83. The molecule has 0 unspecified atom stereocenters. The molecule has 1 N–H and O–H groups in total. The van der Waals surface area contributed by atoms with E-state index < -0.39 is 0 Å². The summed E-state index contributed by atoms with van der Waals surface area (Å²) in [7, 11) is 0. The van der Waals surface area contributed by atoms with Crippen LogP contribution in [0.4, 0.5) is 11.4 Å². The molecule has 1 aromatic heterocycles. The minimum absolute atomic E-state index is 0.662. The molecule has 1 aliphatic carbocycles. The monoisotopic (exact) mass is 659 g/mol. The Hall–Kier alpha value is -5.44. The first-order valence-corrected chi connectivity index (χ1v) is 18.8. The molecule has 1 fully saturated rings. The van der Waals surface area contributed by atoms with E-state index in [-0.39, 0.29) is 0 Å². The van der Waals surface area contributed by atoms with Crippen LogP contribution in [0, 0.1) is 0 Å². The van der Waals surface area contributed by atoms with E-state index in [4.69, 9.17) is 0 Å². The molecule has 0 aliphatic heterocycles. The molecule has 1 saturated carbocycles. The number of thiophene rings is 1. The number of anilines is 2. The van der Waals surface area contributed by atoms with Gasteiger partial charge in [0.05, 0.1) is 10.4 Å². The zero-order valence-corrected chi connectivity index (χ0v) is 28.8. The molecule has 50 heavy (non-hydrogen) atoms. The number of benzene rings is 8. The van der Waals surface area contributed by atoms with Crippen LogP contribution in [0.5, 0.6) is 0 Å². The van der Waals surface area contributed by atoms with Gasteiger partial charge in [-0.2, -0.15) is 0 Å². The minimum atomic E-state index is 0.662. The van der Waals surface area contributed by atoms with Crippen LogP contribution in [-0.2, 0) is 0 Å². The average molecular weight is 660 g/mol. The molecule has 1 heterocycles.